The van der Waals surface area contributed by atoms with E-state index >= 15 is 0 Å². The van der Waals surface area contributed by atoms with Crippen molar-refractivity contribution < 1.29 is 14.6 Å². The van der Waals surface area contributed by atoms with Crippen molar-refractivity contribution in [3.8, 4) is 5.88 Å². The monoisotopic (exact) mass is 259 g/mol. The maximum Gasteiger partial charge on any atom is 0.257 e. The van der Waals surface area contributed by atoms with Crippen LogP contribution in [-0.4, -0.2) is 15.5 Å². The average Bonchev–Trinajstić information content (AvgIpc) is 2.40. The molecule has 0 aliphatic rings. The predicted octanol–water partition coefficient (Wildman–Crippen LogP) is -0.428. The smallest absolute Gasteiger partial charge is 0.257 e. The molecule has 2 aromatic rings. The first-order valence-electron chi connectivity index (χ1n) is 5.58. The zero-order valence-corrected chi connectivity index (χ0v) is 9.98. The molecular formula is C13H11N2O4-. The van der Waals surface area contributed by atoms with Gasteiger partial charge in [-0.3, -0.25) is 9.36 Å². The Labute approximate surface area is 108 Å². The molecule has 0 bridgehead atoms. The molecule has 1 aromatic carbocycles. The summed E-state index contributed by atoms with van der Waals surface area (Å²) < 4.78 is 6.28. The van der Waals surface area contributed by atoms with Gasteiger partial charge < -0.3 is 14.6 Å². The SMILES string of the molecule is O=C([O-])Cn1cnc(OCc2ccccc2)cc1=O. The molecule has 0 N–H and O–H groups in total. The number of carboxylic acid groups (broad SMARTS) is 1. The summed E-state index contributed by atoms with van der Waals surface area (Å²) in [6.07, 6.45) is 1.12. The summed E-state index contributed by atoms with van der Waals surface area (Å²) in [5.74, 6) is -1.19. The highest BCUT2D eigenvalue weighted by atomic mass is 16.5. The van der Waals surface area contributed by atoms with Crippen LogP contribution in [0.4, 0.5) is 0 Å². The average molecular weight is 259 g/mol. The van der Waals surface area contributed by atoms with E-state index in [2.05, 4.69) is 4.98 Å². The minimum Gasteiger partial charge on any atom is -0.548 e. The van der Waals surface area contributed by atoms with Crippen molar-refractivity contribution in [1.29, 1.82) is 0 Å². The van der Waals surface area contributed by atoms with Gasteiger partial charge in [-0.2, -0.15) is 0 Å². The summed E-state index contributed by atoms with van der Waals surface area (Å²) in [6, 6.07) is 10.6. The maximum absolute atomic E-state index is 11.5. The van der Waals surface area contributed by atoms with E-state index < -0.39 is 18.1 Å². The summed E-state index contributed by atoms with van der Waals surface area (Å²) in [4.78, 5) is 25.8. The van der Waals surface area contributed by atoms with Crippen molar-refractivity contribution >= 4 is 5.97 Å². The number of rotatable bonds is 5. The van der Waals surface area contributed by atoms with Gasteiger partial charge in [0.15, 0.2) is 0 Å². The molecular weight excluding hydrogens is 248 g/mol. The molecule has 1 aromatic heterocycles. The molecule has 98 valence electrons. The van der Waals surface area contributed by atoms with E-state index in [1.807, 2.05) is 30.3 Å². The van der Waals surface area contributed by atoms with Crippen LogP contribution >= 0.6 is 0 Å². The van der Waals surface area contributed by atoms with Gasteiger partial charge in [-0.05, 0) is 5.56 Å². The number of ether oxygens (including phenoxy) is 1. The lowest BCUT2D eigenvalue weighted by atomic mass is 10.2. The molecule has 0 aliphatic carbocycles. The largest absolute Gasteiger partial charge is 0.548 e. The fourth-order valence-electron chi connectivity index (χ4n) is 1.48. The van der Waals surface area contributed by atoms with Crippen molar-refractivity contribution in [2.45, 2.75) is 13.2 Å². The fourth-order valence-corrected chi connectivity index (χ4v) is 1.48. The first kappa shape index (κ1) is 12.8. The molecule has 0 saturated heterocycles. The molecule has 2 rings (SSSR count). The first-order chi connectivity index (χ1) is 9.15. The van der Waals surface area contributed by atoms with Gasteiger partial charge in [-0.15, -0.1) is 0 Å². The van der Waals surface area contributed by atoms with E-state index in [0.29, 0.717) is 0 Å². The van der Waals surface area contributed by atoms with Crippen molar-refractivity contribution in [2.75, 3.05) is 0 Å². The summed E-state index contributed by atoms with van der Waals surface area (Å²) in [5, 5.41) is 10.4. The molecule has 0 radical (unpaired) electrons. The van der Waals surface area contributed by atoms with Crippen molar-refractivity contribution in [3.63, 3.8) is 0 Å². The Kier molecular flexibility index (Phi) is 3.92. The van der Waals surface area contributed by atoms with E-state index in [9.17, 15) is 14.7 Å². The molecule has 0 aliphatic heterocycles. The zero-order chi connectivity index (χ0) is 13.7. The number of hydrogen-bond acceptors (Lipinski definition) is 5. The van der Waals surface area contributed by atoms with Crippen LogP contribution in [0.25, 0.3) is 0 Å². The van der Waals surface area contributed by atoms with Gasteiger partial charge in [0.2, 0.25) is 5.88 Å². The van der Waals surface area contributed by atoms with Crippen LogP contribution in [0.1, 0.15) is 5.56 Å². The van der Waals surface area contributed by atoms with Crippen LogP contribution in [0.5, 0.6) is 5.88 Å². The minimum atomic E-state index is -1.35. The van der Waals surface area contributed by atoms with E-state index in [1.165, 1.54) is 0 Å². The van der Waals surface area contributed by atoms with E-state index in [4.69, 9.17) is 4.74 Å². The van der Waals surface area contributed by atoms with Gasteiger partial charge in [0, 0.05) is 0 Å². The summed E-state index contributed by atoms with van der Waals surface area (Å²) in [5.41, 5.74) is 0.450. The van der Waals surface area contributed by atoms with Crippen molar-refractivity contribution in [2.24, 2.45) is 0 Å². The molecule has 0 saturated carbocycles. The van der Waals surface area contributed by atoms with Gasteiger partial charge in [0.1, 0.15) is 12.9 Å². The lowest BCUT2D eigenvalue weighted by Gasteiger charge is -2.08. The number of carboxylic acids is 1. The van der Waals surface area contributed by atoms with Crippen LogP contribution < -0.4 is 15.4 Å². The van der Waals surface area contributed by atoms with Gasteiger partial charge in [-0.25, -0.2) is 4.98 Å². The van der Waals surface area contributed by atoms with E-state index in [-0.39, 0.29) is 12.5 Å². The second-order valence-electron chi connectivity index (χ2n) is 3.84. The molecule has 19 heavy (non-hydrogen) atoms. The summed E-state index contributed by atoms with van der Waals surface area (Å²) >= 11 is 0. The third-order valence-electron chi connectivity index (χ3n) is 2.38. The minimum absolute atomic E-state index is 0.156. The van der Waals surface area contributed by atoms with E-state index in [0.717, 1.165) is 22.5 Å². The number of aromatic nitrogens is 2. The maximum atomic E-state index is 11.5. The molecule has 0 amide bonds. The van der Waals surface area contributed by atoms with Crippen LogP contribution in [0.3, 0.4) is 0 Å². The predicted molar refractivity (Wildman–Crippen MR) is 64.3 cm³/mol. The van der Waals surface area contributed by atoms with Gasteiger partial charge in [0.25, 0.3) is 5.56 Å². The summed E-state index contributed by atoms with van der Waals surface area (Å²) in [6.45, 7) is -0.234. The Morgan fingerprint density at radius 1 is 1.32 bits per heavy atom. The quantitative estimate of drug-likeness (QED) is 0.727. The molecule has 0 unspecified atom stereocenters. The number of carbonyl (C=O) groups is 1. The second-order valence-corrected chi connectivity index (χ2v) is 3.84. The highest BCUT2D eigenvalue weighted by Gasteiger charge is 2.01. The van der Waals surface area contributed by atoms with Crippen LogP contribution in [-0.2, 0) is 17.9 Å². The Balaban J connectivity index is 2.04. The van der Waals surface area contributed by atoms with Crippen molar-refractivity contribution in [3.05, 3.63) is 58.6 Å². The van der Waals surface area contributed by atoms with Crippen LogP contribution in [0, 0.1) is 0 Å². The van der Waals surface area contributed by atoms with E-state index in [1.54, 1.807) is 0 Å². The Hall–Kier alpha value is -2.63. The number of benzene rings is 1. The number of hydrogen-bond donors (Lipinski definition) is 0. The Morgan fingerprint density at radius 2 is 2.05 bits per heavy atom. The normalized spacial score (nSPS) is 10.1. The third-order valence-corrected chi connectivity index (χ3v) is 2.38. The number of aliphatic carboxylic acids is 1. The lowest BCUT2D eigenvalue weighted by Crippen LogP contribution is -2.32. The zero-order valence-electron chi connectivity index (χ0n) is 9.98. The molecule has 0 spiro atoms. The Morgan fingerprint density at radius 3 is 2.68 bits per heavy atom. The van der Waals surface area contributed by atoms with Gasteiger partial charge in [-0.1, -0.05) is 30.3 Å². The van der Waals surface area contributed by atoms with Gasteiger partial charge >= 0.3 is 0 Å². The highest BCUT2D eigenvalue weighted by molar-refractivity contribution is 5.63. The molecule has 6 nitrogen and oxygen atoms in total. The Bertz CT molecular complexity index is 622. The van der Waals surface area contributed by atoms with Crippen molar-refractivity contribution in [1.82, 2.24) is 9.55 Å². The number of nitrogens with zero attached hydrogens (tertiary/aromatic N) is 2. The van der Waals surface area contributed by atoms with Crippen LogP contribution in [0.2, 0.25) is 0 Å². The molecule has 6 heteroatoms. The molecule has 1 heterocycles. The number of carbonyl (C=O) groups excluding carboxylic acids is 1. The fraction of sp³-hybridized carbons (Fsp3) is 0.154. The van der Waals surface area contributed by atoms with Crippen LogP contribution in [0.15, 0.2) is 47.5 Å². The molecule has 0 fully saturated rings. The van der Waals surface area contributed by atoms with Gasteiger partial charge in [0.05, 0.1) is 18.6 Å². The highest BCUT2D eigenvalue weighted by Crippen LogP contribution is 2.06. The lowest BCUT2D eigenvalue weighted by molar-refractivity contribution is -0.306. The second kappa shape index (κ2) is 5.81. The first-order valence-corrected chi connectivity index (χ1v) is 5.58. The summed E-state index contributed by atoms with van der Waals surface area (Å²) in [7, 11) is 0. The standard InChI is InChI=1S/C13H12N2O4/c16-12-6-11(14-9-15(12)7-13(17)18)19-8-10-4-2-1-3-5-10/h1-6,9H,7-8H2,(H,17,18)/p-1. The molecule has 0 atom stereocenters. The third kappa shape index (κ3) is 3.67. The topological polar surface area (TPSA) is 84.2 Å².